The first-order chi connectivity index (χ1) is 11.7. The van der Waals surface area contributed by atoms with Crippen LogP contribution >= 0.6 is 0 Å². The molecule has 2 heterocycles. The SMILES string of the molecule is CCN(Cc1ccc(CN(C)C)cc1)c1ccc2nccnc2n1. The first-order valence-corrected chi connectivity index (χ1v) is 8.21. The molecule has 0 bridgehead atoms. The van der Waals surface area contributed by atoms with Gasteiger partial charge in [-0.2, -0.15) is 0 Å². The summed E-state index contributed by atoms with van der Waals surface area (Å²) >= 11 is 0. The second kappa shape index (κ2) is 7.36. The van der Waals surface area contributed by atoms with Crippen LogP contribution < -0.4 is 4.90 Å². The maximum atomic E-state index is 4.65. The van der Waals surface area contributed by atoms with E-state index >= 15 is 0 Å². The standard InChI is InChI=1S/C19H23N5/c1-4-24(14-16-7-5-15(6-8-16)13-23(2)3)18-10-9-17-19(22-18)21-12-11-20-17/h5-12H,4,13-14H2,1-3H3. The largest absolute Gasteiger partial charge is 0.352 e. The van der Waals surface area contributed by atoms with Crippen LogP contribution in [-0.4, -0.2) is 40.5 Å². The van der Waals surface area contributed by atoms with E-state index in [0.29, 0.717) is 5.65 Å². The lowest BCUT2D eigenvalue weighted by molar-refractivity contribution is 0.402. The first-order valence-electron chi connectivity index (χ1n) is 8.21. The second-order valence-electron chi connectivity index (χ2n) is 6.14. The summed E-state index contributed by atoms with van der Waals surface area (Å²) < 4.78 is 0. The molecule has 124 valence electrons. The minimum Gasteiger partial charge on any atom is -0.352 e. The van der Waals surface area contributed by atoms with Crippen molar-refractivity contribution in [1.82, 2.24) is 19.9 Å². The molecule has 0 aliphatic heterocycles. The smallest absolute Gasteiger partial charge is 0.180 e. The molecule has 3 aromatic rings. The van der Waals surface area contributed by atoms with Gasteiger partial charge in [0.2, 0.25) is 0 Å². The highest BCUT2D eigenvalue weighted by Crippen LogP contribution is 2.18. The Bertz CT molecular complexity index is 798. The lowest BCUT2D eigenvalue weighted by atomic mass is 10.1. The number of hydrogen-bond donors (Lipinski definition) is 0. The maximum absolute atomic E-state index is 4.65. The first kappa shape index (κ1) is 16.3. The van der Waals surface area contributed by atoms with Crippen LogP contribution in [0.4, 0.5) is 5.82 Å². The highest BCUT2D eigenvalue weighted by molar-refractivity contribution is 5.71. The van der Waals surface area contributed by atoms with E-state index in [1.54, 1.807) is 12.4 Å². The molecule has 0 fully saturated rings. The highest BCUT2D eigenvalue weighted by Gasteiger charge is 2.09. The molecule has 0 spiro atoms. The predicted octanol–water partition coefficient (Wildman–Crippen LogP) is 3.11. The van der Waals surface area contributed by atoms with Gasteiger partial charge in [-0.25, -0.2) is 9.97 Å². The van der Waals surface area contributed by atoms with Gasteiger partial charge in [0.25, 0.3) is 0 Å². The summed E-state index contributed by atoms with van der Waals surface area (Å²) in [5.74, 6) is 0.933. The number of benzene rings is 1. The fourth-order valence-electron chi connectivity index (χ4n) is 2.71. The van der Waals surface area contributed by atoms with Gasteiger partial charge in [0.15, 0.2) is 5.65 Å². The number of fused-ring (bicyclic) bond motifs is 1. The van der Waals surface area contributed by atoms with E-state index in [0.717, 1.165) is 31.0 Å². The molecule has 0 saturated carbocycles. The van der Waals surface area contributed by atoms with Gasteiger partial charge in [-0.15, -0.1) is 0 Å². The van der Waals surface area contributed by atoms with Crippen molar-refractivity contribution < 1.29 is 0 Å². The summed E-state index contributed by atoms with van der Waals surface area (Å²) in [5, 5.41) is 0. The molecule has 0 atom stereocenters. The van der Waals surface area contributed by atoms with Crippen LogP contribution in [0.3, 0.4) is 0 Å². The molecule has 5 heteroatoms. The number of nitrogens with zero attached hydrogens (tertiary/aromatic N) is 5. The molecular formula is C19H23N5. The number of hydrogen-bond acceptors (Lipinski definition) is 5. The van der Waals surface area contributed by atoms with Gasteiger partial charge in [-0.3, -0.25) is 4.98 Å². The van der Waals surface area contributed by atoms with Gasteiger partial charge in [-0.1, -0.05) is 24.3 Å². The Kier molecular flexibility index (Phi) is 5.01. The van der Waals surface area contributed by atoms with Gasteiger partial charge in [-0.05, 0) is 44.3 Å². The average Bonchev–Trinajstić information content (AvgIpc) is 2.60. The summed E-state index contributed by atoms with van der Waals surface area (Å²) in [6.45, 7) is 4.82. The molecule has 1 aromatic carbocycles. The van der Waals surface area contributed by atoms with Crippen molar-refractivity contribution in [1.29, 1.82) is 0 Å². The molecular weight excluding hydrogens is 298 g/mol. The third-order valence-corrected chi connectivity index (χ3v) is 3.92. The van der Waals surface area contributed by atoms with Crippen molar-refractivity contribution in [3.8, 4) is 0 Å². The summed E-state index contributed by atoms with van der Waals surface area (Å²) in [6.07, 6.45) is 3.37. The fraction of sp³-hybridized carbons (Fsp3) is 0.316. The molecule has 0 unspecified atom stereocenters. The molecule has 24 heavy (non-hydrogen) atoms. The number of anilines is 1. The number of rotatable bonds is 6. The summed E-state index contributed by atoms with van der Waals surface area (Å²) in [6, 6.07) is 12.8. The fourth-order valence-corrected chi connectivity index (χ4v) is 2.71. The van der Waals surface area contributed by atoms with Gasteiger partial charge in [0.1, 0.15) is 11.3 Å². The Labute approximate surface area is 143 Å². The van der Waals surface area contributed by atoms with Crippen LogP contribution in [0.5, 0.6) is 0 Å². The van der Waals surface area contributed by atoms with E-state index < -0.39 is 0 Å². The molecule has 0 aliphatic carbocycles. The van der Waals surface area contributed by atoms with Crippen molar-refractivity contribution in [3.63, 3.8) is 0 Å². The van der Waals surface area contributed by atoms with Crippen molar-refractivity contribution in [2.24, 2.45) is 0 Å². The summed E-state index contributed by atoms with van der Waals surface area (Å²) in [4.78, 5) is 17.6. The van der Waals surface area contributed by atoms with Crippen molar-refractivity contribution in [2.45, 2.75) is 20.0 Å². The predicted molar refractivity (Wildman–Crippen MR) is 97.9 cm³/mol. The minimum absolute atomic E-state index is 0.690. The Morgan fingerprint density at radius 3 is 2.17 bits per heavy atom. The number of pyridine rings is 1. The lowest BCUT2D eigenvalue weighted by Crippen LogP contribution is -2.23. The average molecular weight is 321 g/mol. The van der Waals surface area contributed by atoms with E-state index in [2.05, 4.69) is 70.0 Å². The number of aromatic nitrogens is 3. The second-order valence-corrected chi connectivity index (χ2v) is 6.14. The molecule has 5 nitrogen and oxygen atoms in total. The topological polar surface area (TPSA) is 45.2 Å². The zero-order valence-electron chi connectivity index (χ0n) is 14.5. The monoisotopic (exact) mass is 321 g/mol. The van der Waals surface area contributed by atoms with Gasteiger partial charge < -0.3 is 9.80 Å². The van der Waals surface area contributed by atoms with Crippen LogP contribution in [0.15, 0.2) is 48.8 Å². The van der Waals surface area contributed by atoms with E-state index in [1.807, 2.05) is 12.1 Å². The summed E-state index contributed by atoms with van der Waals surface area (Å²) in [5.41, 5.74) is 4.12. The maximum Gasteiger partial charge on any atom is 0.180 e. The highest BCUT2D eigenvalue weighted by atomic mass is 15.2. The van der Waals surface area contributed by atoms with Gasteiger partial charge in [0, 0.05) is 32.0 Å². The van der Waals surface area contributed by atoms with Crippen molar-refractivity contribution in [3.05, 3.63) is 59.9 Å². The Hall–Kier alpha value is -2.53. The molecule has 0 saturated heterocycles. The zero-order chi connectivity index (χ0) is 16.9. The van der Waals surface area contributed by atoms with E-state index in [9.17, 15) is 0 Å². The Balaban J connectivity index is 1.78. The quantitative estimate of drug-likeness (QED) is 0.698. The van der Waals surface area contributed by atoms with Crippen molar-refractivity contribution in [2.75, 3.05) is 25.5 Å². The van der Waals surface area contributed by atoms with E-state index in [4.69, 9.17) is 0 Å². The zero-order valence-corrected chi connectivity index (χ0v) is 14.5. The lowest BCUT2D eigenvalue weighted by Gasteiger charge is -2.22. The minimum atomic E-state index is 0.690. The third kappa shape index (κ3) is 3.86. The van der Waals surface area contributed by atoms with Crippen LogP contribution in [-0.2, 0) is 13.1 Å². The molecule has 0 radical (unpaired) electrons. The molecule has 3 rings (SSSR count). The Morgan fingerprint density at radius 2 is 1.50 bits per heavy atom. The van der Waals surface area contributed by atoms with Crippen molar-refractivity contribution >= 4 is 17.0 Å². The van der Waals surface area contributed by atoms with Crippen LogP contribution in [0.25, 0.3) is 11.2 Å². The van der Waals surface area contributed by atoms with Crippen LogP contribution in [0.2, 0.25) is 0 Å². The molecule has 0 aliphatic rings. The van der Waals surface area contributed by atoms with Gasteiger partial charge in [0.05, 0.1) is 0 Å². The van der Waals surface area contributed by atoms with E-state index in [1.165, 1.54) is 11.1 Å². The normalized spacial score (nSPS) is 11.2. The molecule has 2 aromatic heterocycles. The van der Waals surface area contributed by atoms with Crippen LogP contribution in [0.1, 0.15) is 18.1 Å². The Morgan fingerprint density at radius 1 is 0.833 bits per heavy atom. The van der Waals surface area contributed by atoms with E-state index in [-0.39, 0.29) is 0 Å². The molecule has 0 amide bonds. The summed E-state index contributed by atoms with van der Waals surface area (Å²) in [7, 11) is 4.17. The van der Waals surface area contributed by atoms with Gasteiger partial charge >= 0.3 is 0 Å². The van der Waals surface area contributed by atoms with Crippen LogP contribution in [0, 0.1) is 0 Å². The third-order valence-electron chi connectivity index (χ3n) is 3.92. The molecule has 0 N–H and O–H groups in total.